The number of aromatic nitrogens is 2. The van der Waals surface area contributed by atoms with Crippen molar-refractivity contribution in [3.05, 3.63) is 17.7 Å². The van der Waals surface area contributed by atoms with E-state index in [0.29, 0.717) is 0 Å². The smallest absolute Gasteiger partial charge is 0.326 e. The maximum absolute atomic E-state index is 12.6. The fraction of sp³-hybridized carbons (Fsp3) is 0.643. The van der Waals surface area contributed by atoms with Crippen LogP contribution >= 0.6 is 0 Å². The summed E-state index contributed by atoms with van der Waals surface area (Å²) in [5.74, 6) is -0.992. The third-order valence-electron chi connectivity index (χ3n) is 4.10. The minimum Gasteiger partial charge on any atom is -0.480 e. The van der Waals surface area contributed by atoms with Gasteiger partial charge in [0.25, 0.3) is 0 Å². The zero-order valence-corrected chi connectivity index (χ0v) is 12.7. The molecular formula is C14H22N4O3. The number of aliphatic carboxylic acids is 1. The Kier molecular flexibility index (Phi) is 4.50. The maximum atomic E-state index is 12.6. The molecule has 0 fully saturated rings. The molecule has 1 aliphatic rings. The molecular weight excluding hydrogens is 272 g/mol. The topological polar surface area (TPSA) is 89.5 Å². The second-order valence-electron chi connectivity index (χ2n) is 5.55. The van der Waals surface area contributed by atoms with Crippen molar-refractivity contribution >= 4 is 12.0 Å². The van der Waals surface area contributed by atoms with Crippen LogP contribution in [0.1, 0.15) is 38.1 Å². The zero-order chi connectivity index (χ0) is 15.6. The molecule has 1 aliphatic heterocycles. The van der Waals surface area contributed by atoms with Gasteiger partial charge in [-0.15, -0.1) is 0 Å². The Morgan fingerprint density at radius 1 is 1.62 bits per heavy atom. The number of imidazole rings is 1. The summed E-state index contributed by atoms with van der Waals surface area (Å²) in [4.78, 5) is 34.2. The van der Waals surface area contributed by atoms with Gasteiger partial charge in [0.15, 0.2) is 0 Å². The van der Waals surface area contributed by atoms with Crippen molar-refractivity contribution in [3.8, 4) is 0 Å². The Morgan fingerprint density at radius 2 is 2.33 bits per heavy atom. The molecule has 7 nitrogen and oxygen atoms in total. The van der Waals surface area contributed by atoms with Gasteiger partial charge >= 0.3 is 12.0 Å². The molecule has 2 heterocycles. The van der Waals surface area contributed by atoms with Gasteiger partial charge in [-0.25, -0.2) is 14.6 Å². The Morgan fingerprint density at radius 3 is 2.95 bits per heavy atom. The highest BCUT2D eigenvalue weighted by atomic mass is 16.4. The molecule has 116 valence electrons. The first-order valence-corrected chi connectivity index (χ1v) is 7.23. The molecule has 2 atom stereocenters. The van der Waals surface area contributed by atoms with Gasteiger partial charge in [0.2, 0.25) is 0 Å². The highest BCUT2D eigenvalue weighted by Crippen LogP contribution is 2.22. The number of nitrogens with one attached hydrogen (secondary N) is 1. The molecule has 0 saturated heterocycles. The van der Waals surface area contributed by atoms with Crippen molar-refractivity contribution in [2.75, 3.05) is 7.05 Å². The van der Waals surface area contributed by atoms with Gasteiger partial charge in [-0.2, -0.15) is 0 Å². The SMILES string of the molecule is CCCC(C)N(C)C(=O)N1Cc2[nH]cnc2CC1C(=O)O. The molecule has 0 aliphatic carbocycles. The van der Waals surface area contributed by atoms with E-state index >= 15 is 0 Å². The molecule has 0 spiro atoms. The first-order chi connectivity index (χ1) is 9.95. The minimum absolute atomic E-state index is 0.0834. The second kappa shape index (κ2) is 6.15. The van der Waals surface area contributed by atoms with Crippen LogP contribution in [0.15, 0.2) is 6.33 Å². The lowest BCUT2D eigenvalue weighted by molar-refractivity contribution is -0.143. The molecule has 2 unspecified atom stereocenters. The summed E-state index contributed by atoms with van der Waals surface area (Å²) in [5.41, 5.74) is 1.55. The number of H-pyrrole nitrogens is 1. The summed E-state index contributed by atoms with van der Waals surface area (Å²) in [5, 5.41) is 9.39. The summed E-state index contributed by atoms with van der Waals surface area (Å²) in [6, 6.07) is -1.02. The maximum Gasteiger partial charge on any atom is 0.326 e. The number of carboxylic acids is 1. The number of urea groups is 1. The van der Waals surface area contributed by atoms with Gasteiger partial charge in [0, 0.05) is 19.5 Å². The van der Waals surface area contributed by atoms with Crippen molar-refractivity contribution in [2.45, 2.75) is 51.7 Å². The van der Waals surface area contributed by atoms with Gasteiger partial charge < -0.3 is 19.9 Å². The fourth-order valence-corrected chi connectivity index (χ4v) is 2.66. The van der Waals surface area contributed by atoms with Gasteiger partial charge in [0.05, 0.1) is 24.3 Å². The lowest BCUT2D eigenvalue weighted by Gasteiger charge is -2.37. The van der Waals surface area contributed by atoms with E-state index < -0.39 is 12.0 Å². The van der Waals surface area contributed by atoms with E-state index in [0.717, 1.165) is 24.2 Å². The molecule has 2 N–H and O–H groups in total. The summed E-state index contributed by atoms with van der Waals surface area (Å²) >= 11 is 0. The molecule has 2 rings (SSSR count). The van der Waals surface area contributed by atoms with Crippen LogP contribution < -0.4 is 0 Å². The average molecular weight is 294 g/mol. The van der Waals surface area contributed by atoms with Crippen LogP contribution in [0.3, 0.4) is 0 Å². The van der Waals surface area contributed by atoms with Crippen LogP contribution in [0.25, 0.3) is 0 Å². The summed E-state index contributed by atoms with van der Waals surface area (Å²) in [6.07, 6.45) is 3.66. The quantitative estimate of drug-likeness (QED) is 0.879. The zero-order valence-electron chi connectivity index (χ0n) is 12.7. The van der Waals surface area contributed by atoms with Crippen molar-refractivity contribution in [1.82, 2.24) is 19.8 Å². The monoisotopic (exact) mass is 294 g/mol. The van der Waals surface area contributed by atoms with E-state index in [1.165, 1.54) is 4.90 Å². The van der Waals surface area contributed by atoms with Crippen molar-refractivity contribution in [2.24, 2.45) is 0 Å². The van der Waals surface area contributed by atoms with Gasteiger partial charge in [-0.1, -0.05) is 13.3 Å². The van der Waals surface area contributed by atoms with Crippen LogP contribution in [0.2, 0.25) is 0 Å². The predicted octanol–water partition coefficient (Wildman–Crippen LogP) is 1.46. The number of nitrogens with zero attached hydrogens (tertiary/aromatic N) is 3. The van der Waals surface area contributed by atoms with Gasteiger partial charge in [0.1, 0.15) is 6.04 Å². The Balaban J connectivity index is 2.20. The van der Waals surface area contributed by atoms with Gasteiger partial charge in [-0.3, -0.25) is 0 Å². The summed E-state index contributed by atoms with van der Waals surface area (Å²) in [7, 11) is 1.73. The van der Waals surface area contributed by atoms with Crippen LogP contribution in [0, 0.1) is 0 Å². The average Bonchev–Trinajstić information content (AvgIpc) is 2.91. The fourth-order valence-electron chi connectivity index (χ4n) is 2.66. The third kappa shape index (κ3) is 3.01. The Hall–Kier alpha value is -2.05. The third-order valence-corrected chi connectivity index (χ3v) is 4.10. The van der Waals surface area contributed by atoms with Gasteiger partial charge in [-0.05, 0) is 13.3 Å². The molecule has 0 radical (unpaired) electrons. The van der Waals surface area contributed by atoms with Crippen LogP contribution in [-0.4, -0.2) is 56.0 Å². The van der Waals surface area contributed by atoms with E-state index in [-0.39, 0.29) is 25.0 Å². The molecule has 1 aromatic rings. The van der Waals surface area contributed by atoms with E-state index in [1.54, 1.807) is 18.3 Å². The normalized spacial score (nSPS) is 19.0. The lowest BCUT2D eigenvalue weighted by atomic mass is 10.0. The number of rotatable bonds is 4. The Bertz CT molecular complexity index is 528. The number of fused-ring (bicyclic) bond motifs is 1. The molecule has 0 aromatic carbocycles. The molecule has 21 heavy (non-hydrogen) atoms. The first kappa shape index (κ1) is 15.3. The van der Waals surface area contributed by atoms with Crippen molar-refractivity contribution in [3.63, 3.8) is 0 Å². The minimum atomic E-state index is -0.992. The Labute approximate surface area is 124 Å². The first-order valence-electron chi connectivity index (χ1n) is 7.23. The van der Waals surface area contributed by atoms with E-state index in [2.05, 4.69) is 16.9 Å². The number of hydrogen-bond donors (Lipinski definition) is 2. The second-order valence-corrected chi connectivity index (χ2v) is 5.55. The van der Waals surface area contributed by atoms with Crippen LogP contribution in [0.5, 0.6) is 0 Å². The number of carbonyl (C=O) groups excluding carboxylic acids is 1. The van der Waals surface area contributed by atoms with E-state index in [9.17, 15) is 14.7 Å². The number of amides is 2. The number of hydrogen-bond acceptors (Lipinski definition) is 3. The lowest BCUT2D eigenvalue weighted by Crippen LogP contribution is -2.54. The highest BCUT2D eigenvalue weighted by molar-refractivity contribution is 5.83. The molecule has 7 heteroatoms. The van der Waals surface area contributed by atoms with Crippen molar-refractivity contribution < 1.29 is 14.7 Å². The van der Waals surface area contributed by atoms with E-state index in [4.69, 9.17) is 0 Å². The molecule has 0 bridgehead atoms. The van der Waals surface area contributed by atoms with Crippen LogP contribution in [-0.2, 0) is 17.8 Å². The van der Waals surface area contributed by atoms with E-state index in [1.807, 2.05) is 6.92 Å². The molecule has 2 amide bonds. The number of aromatic amines is 1. The summed E-state index contributed by atoms with van der Waals surface area (Å²) < 4.78 is 0. The largest absolute Gasteiger partial charge is 0.480 e. The molecule has 0 saturated carbocycles. The van der Waals surface area contributed by atoms with Crippen molar-refractivity contribution in [1.29, 1.82) is 0 Å². The van der Waals surface area contributed by atoms with Crippen LogP contribution in [0.4, 0.5) is 4.79 Å². The standard InChI is InChI=1S/C14H22N4O3/c1-4-5-9(2)17(3)14(21)18-7-11-10(15-8-16-11)6-12(18)13(19)20/h8-9,12H,4-7H2,1-3H3,(H,15,16)(H,19,20). The predicted molar refractivity (Wildman–Crippen MR) is 76.8 cm³/mol. The highest BCUT2D eigenvalue weighted by Gasteiger charge is 2.37. The summed E-state index contributed by atoms with van der Waals surface area (Å²) in [6.45, 7) is 4.30. The molecule has 1 aromatic heterocycles. The number of carbonyl (C=O) groups is 2. The number of carboxylic acid groups (broad SMARTS) is 1.